The zero-order valence-corrected chi connectivity index (χ0v) is 14.9. The molecule has 1 fully saturated rings. The van der Waals surface area contributed by atoms with Crippen LogP contribution in [0, 0.1) is 0 Å². The Balaban J connectivity index is 1.36. The molecule has 5 nitrogen and oxygen atoms in total. The monoisotopic (exact) mass is 349 g/mol. The van der Waals surface area contributed by atoms with E-state index in [9.17, 15) is 4.79 Å². The minimum absolute atomic E-state index is 0.181. The molecule has 0 atom stereocenters. The van der Waals surface area contributed by atoms with Crippen molar-refractivity contribution in [3.8, 4) is 5.75 Å². The molecular formula is C21H23N3O2. The van der Waals surface area contributed by atoms with E-state index in [2.05, 4.69) is 26.9 Å². The number of para-hydroxylation sites is 1. The molecule has 0 saturated carbocycles. The molecule has 1 saturated heterocycles. The number of aromatic nitrogens is 1. The van der Waals surface area contributed by atoms with Crippen LogP contribution in [0.5, 0.6) is 5.75 Å². The maximum Gasteiger partial charge on any atom is 0.178 e. The quantitative estimate of drug-likeness (QED) is 0.719. The second-order valence-electron chi connectivity index (χ2n) is 6.63. The van der Waals surface area contributed by atoms with E-state index in [4.69, 9.17) is 4.74 Å². The van der Waals surface area contributed by atoms with Crippen LogP contribution in [-0.2, 0) is 0 Å². The lowest BCUT2D eigenvalue weighted by Crippen LogP contribution is -2.48. The number of anilines is 1. The van der Waals surface area contributed by atoms with Crippen molar-refractivity contribution in [1.82, 2.24) is 9.88 Å². The Bertz CT molecular complexity index is 893. The summed E-state index contributed by atoms with van der Waals surface area (Å²) in [5, 5.41) is 1.01. The molecule has 0 unspecified atom stereocenters. The first-order valence-corrected chi connectivity index (χ1v) is 8.95. The van der Waals surface area contributed by atoms with Crippen molar-refractivity contribution in [3.63, 3.8) is 0 Å². The molecule has 0 bridgehead atoms. The van der Waals surface area contributed by atoms with Gasteiger partial charge in [0.2, 0.25) is 0 Å². The maximum atomic E-state index is 12.7. The van der Waals surface area contributed by atoms with Crippen LogP contribution in [-0.4, -0.2) is 55.5 Å². The Morgan fingerprint density at radius 3 is 2.50 bits per heavy atom. The van der Waals surface area contributed by atoms with Crippen molar-refractivity contribution in [2.45, 2.75) is 0 Å². The Kier molecular flexibility index (Phi) is 4.63. The molecule has 1 aliphatic rings. The van der Waals surface area contributed by atoms with Gasteiger partial charge < -0.3 is 14.6 Å². The van der Waals surface area contributed by atoms with Gasteiger partial charge >= 0.3 is 0 Å². The number of benzene rings is 2. The van der Waals surface area contributed by atoms with Gasteiger partial charge in [-0.15, -0.1) is 0 Å². The van der Waals surface area contributed by atoms with Crippen LogP contribution >= 0.6 is 0 Å². The van der Waals surface area contributed by atoms with Crippen molar-refractivity contribution >= 4 is 22.4 Å². The number of aromatic amines is 1. The summed E-state index contributed by atoms with van der Waals surface area (Å²) in [4.78, 5) is 20.5. The zero-order chi connectivity index (χ0) is 17.9. The van der Waals surface area contributed by atoms with Gasteiger partial charge in [-0.1, -0.05) is 18.2 Å². The number of rotatable bonds is 5. The Morgan fingerprint density at radius 1 is 1.04 bits per heavy atom. The fraction of sp³-hybridized carbons (Fsp3) is 0.286. The molecule has 3 aromatic rings. The molecule has 1 aromatic heterocycles. The highest BCUT2D eigenvalue weighted by molar-refractivity contribution is 6.08. The van der Waals surface area contributed by atoms with Crippen LogP contribution in [0.1, 0.15) is 10.4 Å². The second-order valence-corrected chi connectivity index (χ2v) is 6.63. The summed E-state index contributed by atoms with van der Waals surface area (Å²) >= 11 is 0. The molecule has 5 heteroatoms. The Morgan fingerprint density at radius 2 is 1.77 bits per heavy atom. The van der Waals surface area contributed by atoms with E-state index in [0.717, 1.165) is 48.4 Å². The first-order valence-electron chi connectivity index (χ1n) is 8.95. The number of methoxy groups -OCH3 is 1. The molecule has 2 heterocycles. The molecule has 0 radical (unpaired) electrons. The van der Waals surface area contributed by atoms with Gasteiger partial charge in [-0.2, -0.15) is 0 Å². The lowest BCUT2D eigenvalue weighted by molar-refractivity contribution is 0.0928. The Labute approximate surface area is 153 Å². The summed E-state index contributed by atoms with van der Waals surface area (Å²) in [5.41, 5.74) is 3.01. The topological polar surface area (TPSA) is 48.6 Å². The summed E-state index contributed by atoms with van der Waals surface area (Å²) in [6.07, 6.45) is 1.83. The van der Waals surface area contributed by atoms with E-state index in [0.29, 0.717) is 6.54 Å². The standard InChI is InChI=1S/C21H23N3O2/c1-26-17-8-6-16(7-9-17)24-12-10-23(11-13-24)15-21(25)19-14-22-20-5-3-2-4-18(19)20/h2-9,14,22H,10-13,15H2,1H3. The number of carbonyl (C=O) groups is 1. The molecular weight excluding hydrogens is 326 g/mol. The highest BCUT2D eigenvalue weighted by Crippen LogP contribution is 2.21. The number of hydrogen-bond donors (Lipinski definition) is 1. The van der Waals surface area contributed by atoms with E-state index in [1.54, 1.807) is 7.11 Å². The fourth-order valence-corrected chi connectivity index (χ4v) is 3.55. The van der Waals surface area contributed by atoms with Gasteiger partial charge in [-0.25, -0.2) is 0 Å². The largest absolute Gasteiger partial charge is 0.497 e. The maximum absolute atomic E-state index is 12.7. The highest BCUT2D eigenvalue weighted by Gasteiger charge is 2.21. The first kappa shape index (κ1) is 16.7. The normalized spacial score (nSPS) is 15.3. The van der Waals surface area contributed by atoms with E-state index in [1.165, 1.54) is 5.69 Å². The summed E-state index contributed by atoms with van der Waals surface area (Å²) in [6.45, 7) is 4.10. The van der Waals surface area contributed by atoms with Gasteiger partial charge in [0.15, 0.2) is 5.78 Å². The summed E-state index contributed by atoms with van der Waals surface area (Å²) in [5.74, 6) is 1.05. The highest BCUT2D eigenvalue weighted by atomic mass is 16.5. The van der Waals surface area contributed by atoms with Crippen LogP contribution < -0.4 is 9.64 Å². The van der Waals surface area contributed by atoms with Gasteiger partial charge in [-0.05, 0) is 30.3 Å². The predicted octanol–water partition coefficient (Wildman–Crippen LogP) is 3.18. The third-order valence-electron chi connectivity index (χ3n) is 5.07. The van der Waals surface area contributed by atoms with E-state index in [1.807, 2.05) is 42.6 Å². The number of piperazine rings is 1. The minimum Gasteiger partial charge on any atom is -0.497 e. The minimum atomic E-state index is 0.181. The molecule has 0 amide bonds. The number of nitrogens with zero attached hydrogens (tertiary/aromatic N) is 2. The van der Waals surface area contributed by atoms with Crippen LogP contribution in [0.15, 0.2) is 54.7 Å². The molecule has 1 N–H and O–H groups in total. The molecule has 1 aliphatic heterocycles. The summed E-state index contributed by atoms with van der Waals surface area (Å²) in [7, 11) is 1.68. The van der Waals surface area contributed by atoms with E-state index < -0.39 is 0 Å². The lowest BCUT2D eigenvalue weighted by Gasteiger charge is -2.35. The third-order valence-corrected chi connectivity index (χ3v) is 5.07. The van der Waals surface area contributed by atoms with Gasteiger partial charge in [0, 0.05) is 54.5 Å². The number of nitrogens with one attached hydrogen (secondary N) is 1. The number of ketones is 1. The van der Waals surface area contributed by atoms with Gasteiger partial charge in [0.25, 0.3) is 0 Å². The van der Waals surface area contributed by atoms with Crippen LogP contribution in [0.2, 0.25) is 0 Å². The number of hydrogen-bond acceptors (Lipinski definition) is 4. The lowest BCUT2D eigenvalue weighted by atomic mass is 10.1. The van der Waals surface area contributed by atoms with Crippen molar-refractivity contribution in [1.29, 1.82) is 0 Å². The molecule has 4 rings (SSSR count). The van der Waals surface area contributed by atoms with Gasteiger partial charge in [-0.3, -0.25) is 9.69 Å². The average Bonchev–Trinajstić information content (AvgIpc) is 3.13. The fourth-order valence-electron chi connectivity index (χ4n) is 3.55. The van der Waals surface area contributed by atoms with Crippen LogP contribution in [0.4, 0.5) is 5.69 Å². The molecule has 26 heavy (non-hydrogen) atoms. The van der Waals surface area contributed by atoms with Crippen molar-refractivity contribution in [3.05, 3.63) is 60.3 Å². The van der Waals surface area contributed by atoms with Crippen molar-refractivity contribution in [2.75, 3.05) is 44.7 Å². The van der Waals surface area contributed by atoms with E-state index >= 15 is 0 Å². The smallest absolute Gasteiger partial charge is 0.178 e. The number of ether oxygens (including phenoxy) is 1. The number of H-pyrrole nitrogens is 1. The van der Waals surface area contributed by atoms with Crippen molar-refractivity contribution < 1.29 is 9.53 Å². The van der Waals surface area contributed by atoms with Crippen LogP contribution in [0.25, 0.3) is 10.9 Å². The molecule has 134 valence electrons. The van der Waals surface area contributed by atoms with E-state index in [-0.39, 0.29) is 5.78 Å². The SMILES string of the molecule is COc1ccc(N2CCN(CC(=O)c3c[nH]c4ccccc34)CC2)cc1. The predicted molar refractivity (Wildman–Crippen MR) is 104 cm³/mol. The average molecular weight is 349 g/mol. The Hall–Kier alpha value is -2.79. The van der Waals surface area contributed by atoms with Gasteiger partial charge in [0.1, 0.15) is 5.75 Å². The third kappa shape index (κ3) is 3.30. The molecule has 2 aromatic carbocycles. The second kappa shape index (κ2) is 7.22. The zero-order valence-electron chi connectivity index (χ0n) is 14.9. The summed E-state index contributed by atoms with van der Waals surface area (Å²) < 4.78 is 5.22. The molecule has 0 spiro atoms. The summed E-state index contributed by atoms with van der Waals surface area (Å²) in [6, 6.07) is 16.1. The number of fused-ring (bicyclic) bond motifs is 1. The first-order chi connectivity index (χ1) is 12.7. The molecule has 0 aliphatic carbocycles. The van der Waals surface area contributed by atoms with Crippen LogP contribution in [0.3, 0.4) is 0 Å². The van der Waals surface area contributed by atoms with Crippen molar-refractivity contribution in [2.24, 2.45) is 0 Å². The van der Waals surface area contributed by atoms with Gasteiger partial charge in [0.05, 0.1) is 13.7 Å². The number of Topliss-reactive ketones (excluding diaryl/α,β-unsaturated/α-hetero) is 1. The number of carbonyl (C=O) groups excluding carboxylic acids is 1.